The molecule has 11 heavy (non-hydrogen) atoms. The summed E-state index contributed by atoms with van der Waals surface area (Å²) in [7, 11) is -1.48. The third-order valence-electron chi connectivity index (χ3n) is 1.06. The first-order valence-corrected chi connectivity index (χ1v) is 5.45. The van der Waals surface area contributed by atoms with E-state index < -0.39 is 8.03 Å². The molecule has 0 aliphatic heterocycles. The fourth-order valence-corrected chi connectivity index (χ4v) is 1.62. The van der Waals surface area contributed by atoms with Crippen molar-refractivity contribution in [2.75, 3.05) is 18.6 Å². The average molecular weight is 196 g/mol. The molecule has 0 spiro atoms. The van der Waals surface area contributed by atoms with Crippen molar-refractivity contribution in [1.29, 1.82) is 0 Å². The zero-order chi connectivity index (χ0) is 8.53. The highest BCUT2D eigenvalue weighted by atomic mass is 35.5. The van der Waals surface area contributed by atoms with E-state index in [1.807, 2.05) is 6.08 Å². The number of hydrogen-bond acceptors (Lipinski definition) is 2. The Morgan fingerprint density at radius 3 is 2.91 bits per heavy atom. The zero-order valence-corrected chi connectivity index (χ0v) is 8.11. The Labute approximate surface area is 73.4 Å². The molecule has 0 bridgehead atoms. The van der Waals surface area contributed by atoms with E-state index in [1.165, 1.54) is 0 Å². The van der Waals surface area contributed by atoms with Gasteiger partial charge in [-0.2, -0.15) is 0 Å². The lowest BCUT2D eigenvalue weighted by atomic mass is 10.3. The molecule has 0 aromatic heterocycles. The Kier molecular flexibility index (Phi) is 8.26. The second-order valence-corrected chi connectivity index (χ2v) is 3.76. The molecule has 0 saturated heterocycles. The number of allylic oxidation sites excluding steroid dienone is 1. The quantitative estimate of drug-likeness (QED) is 0.270. The van der Waals surface area contributed by atoms with Crippen LogP contribution in [0.15, 0.2) is 12.7 Å². The Hall–Kier alpha value is 0.0900. The second-order valence-electron chi connectivity index (χ2n) is 2.01. The molecule has 0 saturated carbocycles. The van der Waals surface area contributed by atoms with E-state index in [1.54, 1.807) is 0 Å². The Balaban J connectivity index is 3.15. The number of alkyl halides is 1. The number of hydrogen-bond donors (Lipinski definition) is 0. The van der Waals surface area contributed by atoms with Gasteiger partial charge >= 0.3 is 8.03 Å². The highest BCUT2D eigenvalue weighted by Gasteiger charge is 2.14. The Morgan fingerprint density at radius 2 is 2.36 bits per heavy atom. The summed E-state index contributed by atoms with van der Waals surface area (Å²) in [6.07, 6.45) is 4.19. The monoisotopic (exact) mass is 195 g/mol. The van der Waals surface area contributed by atoms with Crippen LogP contribution in [0.25, 0.3) is 0 Å². The summed E-state index contributed by atoms with van der Waals surface area (Å²) >= 11 is 5.34. The summed E-state index contributed by atoms with van der Waals surface area (Å²) in [6.45, 7) is 3.94. The molecule has 0 N–H and O–H groups in total. The van der Waals surface area contributed by atoms with E-state index in [0.29, 0.717) is 18.6 Å². The predicted molar refractivity (Wildman–Crippen MR) is 48.6 cm³/mol. The van der Waals surface area contributed by atoms with Crippen LogP contribution in [0.1, 0.15) is 12.8 Å². The number of unbranched alkanes of at least 4 members (excludes halogenated alkanes) is 1. The fraction of sp³-hybridized carbons (Fsp3) is 0.714. The van der Waals surface area contributed by atoms with Gasteiger partial charge in [-0.1, -0.05) is 6.08 Å². The highest BCUT2D eigenvalue weighted by Crippen LogP contribution is 2.23. The third kappa shape index (κ3) is 7.99. The molecular formula is C7H13ClO2P+. The lowest BCUT2D eigenvalue weighted by Crippen LogP contribution is -1.88. The summed E-state index contributed by atoms with van der Waals surface area (Å²) in [5.41, 5.74) is 0. The van der Waals surface area contributed by atoms with Crippen LogP contribution in [0.2, 0.25) is 0 Å². The maximum atomic E-state index is 10.9. The van der Waals surface area contributed by atoms with Crippen molar-refractivity contribution >= 4 is 19.6 Å². The summed E-state index contributed by atoms with van der Waals surface area (Å²) in [5, 5.41) is 0. The topological polar surface area (TPSA) is 26.3 Å². The van der Waals surface area contributed by atoms with Crippen LogP contribution < -0.4 is 0 Å². The first-order chi connectivity index (χ1) is 5.31. The van der Waals surface area contributed by atoms with E-state index in [0.717, 1.165) is 12.8 Å². The molecule has 0 aromatic carbocycles. The molecule has 0 fully saturated rings. The van der Waals surface area contributed by atoms with Crippen molar-refractivity contribution in [2.45, 2.75) is 12.8 Å². The van der Waals surface area contributed by atoms with Crippen LogP contribution in [0.4, 0.5) is 0 Å². The van der Waals surface area contributed by atoms with E-state index in [-0.39, 0.29) is 0 Å². The van der Waals surface area contributed by atoms with E-state index in [9.17, 15) is 4.57 Å². The standard InChI is InChI=1S/C7H13ClO2P/c1-2-3-4-7-11(9)10-6-5-8/h2H,1,3-7H2/q+1. The van der Waals surface area contributed by atoms with Gasteiger partial charge in [0, 0.05) is 0 Å². The van der Waals surface area contributed by atoms with Crippen molar-refractivity contribution in [2.24, 2.45) is 0 Å². The third-order valence-corrected chi connectivity index (χ3v) is 2.37. The Bertz CT molecular complexity index is 128. The largest absolute Gasteiger partial charge is 0.508 e. The van der Waals surface area contributed by atoms with Crippen molar-refractivity contribution in [1.82, 2.24) is 0 Å². The fourth-order valence-electron chi connectivity index (χ4n) is 0.566. The summed E-state index contributed by atoms with van der Waals surface area (Å²) < 4.78 is 15.8. The summed E-state index contributed by atoms with van der Waals surface area (Å²) in [5.74, 6) is 0.405. The highest BCUT2D eigenvalue weighted by molar-refractivity contribution is 7.39. The maximum absolute atomic E-state index is 10.9. The SMILES string of the molecule is C=CCCC[P+](=O)OCCCl. The molecule has 0 aromatic rings. The maximum Gasteiger partial charge on any atom is 0.508 e. The van der Waals surface area contributed by atoms with Crippen LogP contribution in [-0.2, 0) is 9.09 Å². The van der Waals surface area contributed by atoms with Gasteiger partial charge in [0.15, 0.2) is 6.16 Å². The first-order valence-electron chi connectivity index (χ1n) is 3.55. The molecule has 2 nitrogen and oxygen atoms in total. The van der Waals surface area contributed by atoms with Crippen molar-refractivity contribution in [3.8, 4) is 0 Å². The van der Waals surface area contributed by atoms with Gasteiger partial charge in [0.1, 0.15) is 6.61 Å². The molecule has 1 atom stereocenters. The van der Waals surface area contributed by atoms with Crippen LogP contribution in [-0.4, -0.2) is 18.6 Å². The summed E-state index contributed by atoms with van der Waals surface area (Å²) in [6, 6.07) is 0. The van der Waals surface area contributed by atoms with Crippen LogP contribution in [0.5, 0.6) is 0 Å². The minimum absolute atomic E-state index is 0.380. The van der Waals surface area contributed by atoms with Gasteiger partial charge in [0.25, 0.3) is 0 Å². The van der Waals surface area contributed by atoms with Gasteiger partial charge in [0.05, 0.1) is 5.88 Å². The lowest BCUT2D eigenvalue weighted by Gasteiger charge is -1.86. The van der Waals surface area contributed by atoms with Crippen molar-refractivity contribution in [3.63, 3.8) is 0 Å². The van der Waals surface area contributed by atoms with Gasteiger partial charge in [-0.15, -0.1) is 22.7 Å². The number of rotatable bonds is 7. The van der Waals surface area contributed by atoms with Gasteiger partial charge < -0.3 is 0 Å². The van der Waals surface area contributed by atoms with Crippen LogP contribution in [0.3, 0.4) is 0 Å². The molecule has 0 aliphatic carbocycles. The van der Waals surface area contributed by atoms with E-state index in [4.69, 9.17) is 16.1 Å². The van der Waals surface area contributed by atoms with E-state index in [2.05, 4.69) is 6.58 Å². The van der Waals surface area contributed by atoms with Crippen LogP contribution in [0, 0.1) is 0 Å². The van der Waals surface area contributed by atoms with Gasteiger partial charge in [0.2, 0.25) is 0 Å². The smallest absolute Gasteiger partial charge is 0.145 e. The lowest BCUT2D eigenvalue weighted by molar-refractivity contribution is 0.352. The molecule has 1 unspecified atom stereocenters. The zero-order valence-electron chi connectivity index (χ0n) is 6.46. The molecule has 64 valence electrons. The molecule has 0 rings (SSSR count). The van der Waals surface area contributed by atoms with E-state index >= 15 is 0 Å². The predicted octanol–water partition coefficient (Wildman–Crippen LogP) is 2.95. The summed E-state index contributed by atoms with van der Waals surface area (Å²) in [4.78, 5) is 0. The molecule has 0 heterocycles. The normalized spacial score (nSPS) is 11.2. The average Bonchev–Trinajstić information content (AvgIpc) is 2.01. The molecule has 0 amide bonds. The minimum Gasteiger partial charge on any atom is -0.145 e. The Morgan fingerprint density at radius 1 is 1.64 bits per heavy atom. The molecule has 0 radical (unpaired) electrons. The van der Waals surface area contributed by atoms with Crippen LogP contribution >= 0.6 is 19.6 Å². The first kappa shape index (κ1) is 11.1. The second kappa shape index (κ2) is 8.19. The van der Waals surface area contributed by atoms with Crippen molar-refractivity contribution < 1.29 is 9.09 Å². The van der Waals surface area contributed by atoms with Gasteiger partial charge in [-0.25, -0.2) is 0 Å². The molecular weight excluding hydrogens is 183 g/mol. The number of halogens is 1. The van der Waals surface area contributed by atoms with Gasteiger partial charge in [-0.05, 0) is 17.4 Å². The van der Waals surface area contributed by atoms with Crippen molar-refractivity contribution in [3.05, 3.63) is 12.7 Å². The molecule has 4 heteroatoms. The molecule has 0 aliphatic rings. The van der Waals surface area contributed by atoms with Gasteiger partial charge in [-0.3, -0.25) is 0 Å². The minimum atomic E-state index is -1.48.